The molecule has 3 fully saturated rings. The minimum Gasteiger partial charge on any atom is -0.444 e. The molecule has 1 N–H and O–H groups in total. The molecule has 0 atom stereocenters. The van der Waals surface area contributed by atoms with Crippen molar-refractivity contribution in [2.75, 3.05) is 18.0 Å². The lowest BCUT2D eigenvalue weighted by Crippen LogP contribution is -2.64. The second kappa shape index (κ2) is 5.34. The number of aromatic nitrogens is 1. The summed E-state index contributed by atoms with van der Waals surface area (Å²) in [7, 11) is 0. The second-order valence-electron chi connectivity index (χ2n) is 8.87. The number of carbonyl (C=O) groups excluding carboxylic acids is 2. The largest absolute Gasteiger partial charge is 0.444 e. The van der Waals surface area contributed by atoms with E-state index in [0.717, 1.165) is 25.7 Å². The zero-order chi connectivity index (χ0) is 18.7. The molecule has 2 saturated carbocycles. The maximum atomic E-state index is 12.9. The van der Waals surface area contributed by atoms with Crippen molar-refractivity contribution in [1.29, 1.82) is 0 Å². The molecule has 1 aromatic heterocycles. The molecule has 0 unspecified atom stereocenters. The second-order valence-corrected chi connectivity index (χ2v) is 8.87. The van der Waals surface area contributed by atoms with Crippen LogP contribution in [0, 0.1) is 0 Å². The molecule has 1 amide bonds. The van der Waals surface area contributed by atoms with E-state index in [1.807, 2.05) is 25.7 Å². The standard InChI is InChI=1S/C19H25N3O4/c1-17(2,3)26-16(25)22-18(6-7-18)11-21(12-19(22)8-9-19)14-5-4-13(10-23)15(24)20-14/h4-5,10H,6-9,11-12H2,1-3H3,(H,20,24). The van der Waals surface area contributed by atoms with Crippen LogP contribution in [0.1, 0.15) is 56.8 Å². The Morgan fingerprint density at radius 2 is 1.73 bits per heavy atom. The summed E-state index contributed by atoms with van der Waals surface area (Å²) in [6.07, 6.45) is 4.12. The van der Waals surface area contributed by atoms with Crippen LogP contribution in [0.25, 0.3) is 0 Å². The summed E-state index contributed by atoms with van der Waals surface area (Å²) < 4.78 is 5.69. The molecule has 26 heavy (non-hydrogen) atoms. The van der Waals surface area contributed by atoms with Crippen LogP contribution < -0.4 is 10.5 Å². The highest BCUT2D eigenvalue weighted by molar-refractivity contribution is 5.75. The van der Waals surface area contributed by atoms with Gasteiger partial charge in [-0.1, -0.05) is 0 Å². The zero-order valence-electron chi connectivity index (χ0n) is 15.5. The average molecular weight is 359 g/mol. The Labute approximate surface area is 152 Å². The fraction of sp³-hybridized carbons (Fsp3) is 0.632. The highest BCUT2D eigenvalue weighted by Crippen LogP contribution is 2.57. The van der Waals surface area contributed by atoms with Crippen LogP contribution in [0.5, 0.6) is 0 Å². The summed E-state index contributed by atoms with van der Waals surface area (Å²) >= 11 is 0. The number of hydrogen-bond acceptors (Lipinski definition) is 5. The van der Waals surface area contributed by atoms with Crippen LogP contribution >= 0.6 is 0 Å². The van der Waals surface area contributed by atoms with Crippen molar-refractivity contribution in [3.63, 3.8) is 0 Å². The molecular formula is C19H25N3O4. The van der Waals surface area contributed by atoms with E-state index in [9.17, 15) is 14.4 Å². The van der Waals surface area contributed by atoms with Gasteiger partial charge in [-0.25, -0.2) is 4.79 Å². The Morgan fingerprint density at radius 1 is 1.15 bits per heavy atom. The van der Waals surface area contributed by atoms with E-state index in [-0.39, 0.29) is 28.3 Å². The van der Waals surface area contributed by atoms with Crippen molar-refractivity contribution in [3.05, 3.63) is 28.0 Å². The number of H-pyrrole nitrogens is 1. The van der Waals surface area contributed by atoms with Crippen LogP contribution in [-0.2, 0) is 4.74 Å². The molecule has 4 rings (SSSR count). The number of aromatic amines is 1. The molecule has 0 aromatic carbocycles. The summed E-state index contributed by atoms with van der Waals surface area (Å²) in [6.45, 7) is 7.01. The molecule has 2 heterocycles. The van der Waals surface area contributed by atoms with Crippen molar-refractivity contribution in [2.45, 2.75) is 63.1 Å². The van der Waals surface area contributed by atoms with Gasteiger partial charge in [0.2, 0.25) is 0 Å². The summed E-state index contributed by atoms with van der Waals surface area (Å²) in [6, 6.07) is 3.33. The topological polar surface area (TPSA) is 82.7 Å². The Kier molecular flexibility index (Phi) is 3.52. The van der Waals surface area contributed by atoms with Crippen molar-refractivity contribution in [2.24, 2.45) is 0 Å². The summed E-state index contributed by atoms with van der Waals surface area (Å²) in [5.74, 6) is 0.710. The lowest BCUT2D eigenvalue weighted by Gasteiger charge is -2.48. The first-order chi connectivity index (χ1) is 12.2. The number of piperazine rings is 1. The molecule has 7 nitrogen and oxygen atoms in total. The highest BCUT2D eigenvalue weighted by atomic mass is 16.6. The molecule has 1 aliphatic heterocycles. The number of nitrogens with zero attached hydrogens (tertiary/aromatic N) is 2. The third kappa shape index (κ3) is 2.79. The fourth-order valence-electron chi connectivity index (χ4n) is 4.08. The Morgan fingerprint density at radius 3 is 2.15 bits per heavy atom. The van der Waals surface area contributed by atoms with Crippen molar-refractivity contribution < 1.29 is 14.3 Å². The predicted molar refractivity (Wildman–Crippen MR) is 96.7 cm³/mol. The van der Waals surface area contributed by atoms with E-state index in [1.165, 1.54) is 0 Å². The van der Waals surface area contributed by atoms with Gasteiger partial charge in [-0.05, 0) is 58.6 Å². The average Bonchev–Trinajstić information content (AvgIpc) is 3.45. The summed E-state index contributed by atoms with van der Waals surface area (Å²) in [4.78, 5) is 42.7. The Hall–Kier alpha value is -2.31. The van der Waals surface area contributed by atoms with Gasteiger partial charge in [0.25, 0.3) is 5.56 Å². The van der Waals surface area contributed by atoms with Crippen LogP contribution in [0.4, 0.5) is 10.6 Å². The molecule has 0 radical (unpaired) electrons. The fourth-order valence-corrected chi connectivity index (χ4v) is 4.08. The Bertz CT molecular complexity index is 793. The van der Waals surface area contributed by atoms with E-state index in [1.54, 1.807) is 12.1 Å². The maximum Gasteiger partial charge on any atom is 0.411 e. The number of rotatable bonds is 2. The number of carbonyl (C=O) groups is 2. The third-order valence-electron chi connectivity index (χ3n) is 5.54. The van der Waals surface area contributed by atoms with E-state index in [0.29, 0.717) is 25.2 Å². The quantitative estimate of drug-likeness (QED) is 0.820. The van der Waals surface area contributed by atoms with Gasteiger partial charge in [0, 0.05) is 13.1 Å². The summed E-state index contributed by atoms with van der Waals surface area (Å²) in [5, 5.41) is 0. The number of nitrogens with one attached hydrogen (secondary N) is 1. The lowest BCUT2D eigenvalue weighted by atomic mass is 10.0. The third-order valence-corrected chi connectivity index (χ3v) is 5.54. The monoisotopic (exact) mass is 359 g/mol. The Balaban J connectivity index is 1.62. The zero-order valence-corrected chi connectivity index (χ0v) is 15.5. The van der Waals surface area contributed by atoms with Crippen molar-refractivity contribution in [1.82, 2.24) is 9.88 Å². The number of amides is 1. The molecule has 0 bridgehead atoms. The van der Waals surface area contributed by atoms with Gasteiger partial charge < -0.3 is 14.6 Å². The van der Waals surface area contributed by atoms with Gasteiger partial charge in [0.1, 0.15) is 11.4 Å². The van der Waals surface area contributed by atoms with Gasteiger partial charge >= 0.3 is 6.09 Å². The summed E-state index contributed by atoms with van der Waals surface area (Å²) in [5.41, 5.74) is -1.18. The first kappa shape index (κ1) is 17.1. The highest BCUT2D eigenvalue weighted by Gasteiger charge is 2.67. The maximum absolute atomic E-state index is 12.9. The van der Waals surface area contributed by atoms with Crippen LogP contribution in [0.15, 0.2) is 16.9 Å². The lowest BCUT2D eigenvalue weighted by molar-refractivity contribution is -0.00828. The van der Waals surface area contributed by atoms with Gasteiger partial charge in [-0.3, -0.25) is 14.5 Å². The molecule has 3 aliphatic rings. The first-order valence-corrected chi connectivity index (χ1v) is 9.15. The first-order valence-electron chi connectivity index (χ1n) is 9.15. The number of anilines is 1. The van der Waals surface area contributed by atoms with E-state index >= 15 is 0 Å². The van der Waals surface area contributed by atoms with Crippen LogP contribution in [-0.4, -0.2) is 52.0 Å². The van der Waals surface area contributed by atoms with Crippen LogP contribution in [0.3, 0.4) is 0 Å². The smallest absolute Gasteiger partial charge is 0.411 e. The van der Waals surface area contributed by atoms with Gasteiger partial charge in [-0.2, -0.15) is 0 Å². The van der Waals surface area contributed by atoms with Gasteiger partial charge in [0.15, 0.2) is 6.29 Å². The molecule has 1 saturated heterocycles. The molecule has 2 spiro atoms. The molecule has 140 valence electrons. The normalized spacial score (nSPS) is 22.4. The number of pyridine rings is 1. The van der Waals surface area contributed by atoms with Crippen molar-refractivity contribution in [3.8, 4) is 0 Å². The molecule has 1 aromatic rings. The molecule has 2 aliphatic carbocycles. The van der Waals surface area contributed by atoms with Gasteiger partial charge in [-0.15, -0.1) is 0 Å². The van der Waals surface area contributed by atoms with Crippen molar-refractivity contribution >= 4 is 18.2 Å². The van der Waals surface area contributed by atoms with E-state index < -0.39 is 5.60 Å². The van der Waals surface area contributed by atoms with E-state index in [2.05, 4.69) is 9.88 Å². The number of aldehydes is 1. The minimum atomic E-state index is -0.518. The minimum absolute atomic E-state index is 0.128. The molecular weight excluding hydrogens is 334 g/mol. The van der Waals surface area contributed by atoms with Gasteiger partial charge in [0.05, 0.1) is 16.6 Å². The molecule has 7 heteroatoms. The number of ether oxygens (including phenoxy) is 1. The predicted octanol–water partition coefficient (Wildman–Crippen LogP) is 2.31. The van der Waals surface area contributed by atoms with E-state index in [4.69, 9.17) is 4.74 Å². The SMILES string of the molecule is CC(C)(C)OC(=O)N1C2(CC2)CN(c2ccc(C=O)c(=O)[nH]2)CC12CC2. The van der Waals surface area contributed by atoms with Crippen LogP contribution in [0.2, 0.25) is 0 Å². The number of hydrogen-bond donors (Lipinski definition) is 1.